The van der Waals surface area contributed by atoms with Crippen LogP contribution in [0.3, 0.4) is 0 Å². The summed E-state index contributed by atoms with van der Waals surface area (Å²) in [5.41, 5.74) is 2.58. The number of aryl methyl sites for hydroxylation is 2. The highest BCUT2D eigenvalue weighted by Gasteiger charge is 2.34. The van der Waals surface area contributed by atoms with Crippen molar-refractivity contribution in [3.63, 3.8) is 0 Å². The van der Waals surface area contributed by atoms with Gasteiger partial charge < -0.3 is 14.4 Å². The number of amides is 2. The molecule has 1 aliphatic rings. The van der Waals surface area contributed by atoms with Crippen LogP contribution < -0.4 is 10.5 Å². The van der Waals surface area contributed by atoms with Crippen molar-refractivity contribution < 1.29 is 9.59 Å². The molecule has 0 N–H and O–H groups in total. The van der Waals surface area contributed by atoms with Gasteiger partial charge in [-0.1, -0.05) is 17.7 Å². The average molecular weight is 367 g/mol. The minimum Gasteiger partial charge on any atom is -0.325 e. The summed E-state index contributed by atoms with van der Waals surface area (Å²) < 4.78 is 1.57. The maximum atomic E-state index is 13.0. The summed E-state index contributed by atoms with van der Waals surface area (Å²) in [7, 11) is 0. The van der Waals surface area contributed by atoms with Crippen molar-refractivity contribution in [2.24, 2.45) is 0 Å². The Morgan fingerprint density at radius 3 is 2.37 bits per heavy atom. The lowest BCUT2D eigenvalue weighted by Gasteiger charge is -2.39. The summed E-state index contributed by atoms with van der Waals surface area (Å²) in [6.45, 7) is 8.48. The first-order valence-electron chi connectivity index (χ1n) is 9.22. The fourth-order valence-corrected chi connectivity index (χ4v) is 3.48. The van der Waals surface area contributed by atoms with Gasteiger partial charge in [0.25, 0.3) is 11.5 Å². The highest BCUT2D eigenvalue weighted by Crippen LogP contribution is 2.21. The van der Waals surface area contributed by atoms with E-state index < -0.39 is 0 Å². The van der Waals surface area contributed by atoms with Gasteiger partial charge in [0.1, 0.15) is 12.1 Å². The third-order valence-corrected chi connectivity index (χ3v) is 5.13. The SMILES string of the molecule is CCn1c(C)ccc(C(=O)N2CC(=O)N(c3ccc(C)cc3)CC2C)c1=O. The summed E-state index contributed by atoms with van der Waals surface area (Å²) >= 11 is 0. The molecule has 0 saturated carbocycles. The van der Waals surface area contributed by atoms with Crippen LogP contribution >= 0.6 is 0 Å². The molecular formula is C21H25N3O3. The minimum absolute atomic E-state index is 0.0344. The summed E-state index contributed by atoms with van der Waals surface area (Å²) in [4.78, 5) is 41.5. The molecule has 142 valence electrons. The molecule has 1 saturated heterocycles. The lowest BCUT2D eigenvalue weighted by molar-refractivity contribution is -0.121. The van der Waals surface area contributed by atoms with E-state index in [0.29, 0.717) is 13.1 Å². The molecule has 1 atom stereocenters. The van der Waals surface area contributed by atoms with E-state index in [1.54, 1.807) is 21.6 Å². The number of hydrogen-bond donors (Lipinski definition) is 0. The number of piperazine rings is 1. The zero-order valence-corrected chi connectivity index (χ0v) is 16.2. The predicted octanol–water partition coefficient (Wildman–Crippen LogP) is 2.36. The maximum Gasteiger partial charge on any atom is 0.263 e. The molecule has 1 aliphatic heterocycles. The average Bonchev–Trinajstić information content (AvgIpc) is 2.64. The Morgan fingerprint density at radius 1 is 1.07 bits per heavy atom. The molecule has 2 amide bonds. The summed E-state index contributed by atoms with van der Waals surface area (Å²) in [6.07, 6.45) is 0. The highest BCUT2D eigenvalue weighted by molar-refractivity contribution is 6.01. The topological polar surface area (TPSA) is 62.6 Å². The molecule has 1 aromatic carbocycles. The van der Waals surface area contributed by atoms with Gasteiger partial charge in [0.15, 0.2) is 0 Å². The number of benzene rings is 1. The van der Waals surface area contributed by atoms with Crippen molar-refractivity contribution in [1.82, 2.24) is 9.47 Å². The van der Waals surface area contributed by atoms with E-state index in [-0.39, 0.29) is 35.5 Å². The summed E-state index contributed by atoms with van der Waals surface area (Å²) in [5.74, 6) is -0.528. The molecule has 27 heavy (non-hydrogen) atoms. The van der Waals surface area contributed by atoms with Crippen LogP contribution in [0.1, 0.15) is 35.5 Å². The lowest BCUT2D eigenvalue weighted by Crippen LogP contribution is -2.57. The van der Waals surface area contributed by atoms with Crippen LogP contribution in [0.5, 0.6) is 0 Å². The van der Waals surface area contributed by atoms with Crippen molar-refractivity contribution in [2.75, 3.05) is 18.0 Å². The maximum absolute atomic E-state index is 13.0. The number of rotatable bonds is 3. The van der Waals surface area contributed by atoms with E-state index in [4.69, 9.17) is 0 Å². The summed E-state index contributed by atoms with van der Waals surface area (Å²) in [6, 6.07) is 10.9. The fraction of sp³-hybridized carbons (Fsp3) is 0.381. The first kappa shape index (κ1) is 18.9. The Labute approximate surface area is 159 Å². The smallest absolute Gasteiger partial charge is 0.263 e. The first-order valence-corrected chi connectivity index (χ1v) is 9.22. The standard InChI is InChI=1S/C21H25N3O3/c1-5-22-15(3)8-11-18(20(22)26)21(27)23-13-19(25)24(12-16(23)4)17-9-6-14(2)7-10-17/h6-11,16H,5,12-13H2,1-4H3. The van der Waals surface area contributed by atoms with Gasteiger partial charge in [0.2, 0.25) is 5.91 Å². The van der Waals surface area contributed by atoms with Gasteiger partial charge in [-0.05, 0) is 52.0 Å². The van der Waals surface area contributed by atoms with Crippen LogP contribution in [0.2, 0.25) is 0 Å². The first-order chi connectivity index (χ1) is 12.8. The van der Waals surface area contributed by atoms with Crippen LogP contribution in [0.4, 0.5) is 5.69 Å². The second-order valence-electron chi connectivity index (χ2n) is 7.06. The molecule has 0 bridgehead atoms. The number of carbonyl (C=O) groups is 2. The Kier molecular flexibility index (Phi) is 5.17. The largest absolute Gasteiger partial charge is 0.325 e. The molecule has 0 spiro atoms. The zero-order chi connectivity index (χ0) is 19.7. The molecule has 0 aliphatic carbocycles. The molecule has 1 fully saturated rings. The molecule has 2 aromatic rings. The van der Waals surface area contributed by atoms with Gasteiger partial charge in [0, 0.05) is 30.5 Å². The van der Waals surface area contributed by atoms with Gasteiger partial charge in [0.05, 0.1) is 0 Å². The number of nitrogens with zero attached hydrogens (tertiary/aromatic N) is 3. The van der Waals surface area contributed by atoms with Crippen LogP contribution in [0.15, 0.2) is 41.2 Å². The van der Waals surface area contributed by atoms with Crippen LogP contribution in [0.25, 0.3) is 0 Å². The third kappa shape index (κ3) is 3.52. The lowest BCUT2D eigenvalue weighted by atomic mass is 10.1. The van der Waals surface area contributed by atoms with Gasteiger partial charge in [-0.2, -0.15) is 0 Å². The monoisotopic (exact) mass is 367 g/mol. The second kappa shape index (κ2) is 7.39. The highest BCUT2D eigenvalue weighted by atomic mass is 16.2. The number of pyridine rings is 1. The predicted molar refractivity (Wildman–Crippen MR) is 105 cm³/mol. The van der Waals surface area contributed by atoms with Gasteiger partial charge in [-0.15, -0.1) is 0 Å². The molecule has 6 heteroatoms. The van der Waals surface area contributed by atoms with Crippen molar-refractivity contribution in [3.8, 4) is 0 Å². The number of carbonyl (C=O) groups excluding carboxylic acids is 2. The quantitative estimate of drug-likeness (QED) is 0.837. The van der Waals surface area contributed by atoms with Crippen molar-refractivity contribution >= 4 is 17.5 Å². The number of hydrogen-bond acceptors (Lipinski definition) is 3. The van der Waals surface area contributed by atoms with Crippen molar-refractivity contribution in [2.45, 2.75) is 40.3 Å². The molecule has 6 nitrogen and oxygen atoms in total. The minimum atomic E-state index is -0.383. The van der Waals surface area contributed by atoms with Gasteiger partial charge >= 0.3 is 0 Å². The molecule has 3 rings (SSSR count). The summed E-state index contributed by atoms with van der Waals surface area (Å²) in [5, 5.41) is 0. The normalized spacial score (nSPS) is 17.3. The molecule has 0 radical (unpaired) electrons. The van der Waals surface area contributed by atoms with Gasteiger partial charge in [-0.3, -0.25) is 14.4 Å². The Hall–Kier alpha value is -2.89. The number of anilines is 1. The van der Waals surface area contributed by atoms with E-state index in [9.17, 15) is 14.4 Å². The van der Waals surface area contributed by atoms with E-state index in [0.717, 1.165) is 16.9 Å². The number of aromatic nitrogens is 1. The van der Waals surface area contributed by atoms with Crippen LogP contribution in [-0.2, 0) is 11.3 Å². The van der Waals surface area contributed by atoms with Gasteiger partial charge in [-0.25, -0.2) is 0 Å². The second-order valence-corrected chi connectivity index (χ2v) is 7.06. The fourth-order valence-electron chi connectivity index (χ4n) is 3.48. The van der Waals surface area contributed by atoms with Crippen molar-refractivity contribution in [3.05, 3.63) is 63.6 Å². The molecular weight excluding hydrogens is 342 g/mol. The van der Waals surface area contributed by atoms with E-state index >= 15 is 0 Å². The molecule has 1 unspecified atom stereocenters. The molecule has 1 aromatic heterocycles. The van der Waals surface area contributed by atoms with Crippen LogP contribution in [-0.4, -0.2) is 40.4 Å². The zero-order valence-electron chi connectivity index (χ0n) is 16.2. The van der Waals surface area contributed by atoms with E-state index in [2.05, 4.69) is 0 Å². The van der Waals surface area contributed by atoms with E-state index in [1.165, 1.54) is 4.90 Å². The Balaban J connectivity index is 1.85. The van der Waals surface area contributed by atoms with Crippen LogP contribution in [0, 0.1) is 13.8 Å². The van der Waals surface area contributed by atoms with E-state index in [1.807, 2.05) is 52.0 Å². The Bertz CT molecular complexity index is 931. The molecule has 2 heterocycles. The Morgan fingerprint density at radius 2 is 1.74 bits per heavy atom. The third-order valence-electron chi connectivity index (χ3n) is 5.13. The van der Waals surface area contributed by atoms with Crippen molar-refractivity contribution in [1.29, 1.82) is 0 Å².